The standard InChI is InChI=1S/C17H14N2O3/c1-11-2-5-16-18-17(13(10-20)19(16)9-11)12-3-4-14-15(8-12)22-7-6-21-14/h2-5,8-10H,6-7H2,1H3. The first kappa shape index (κ1) is 12.9. The number of aryl methyl sites for hydroxylation is 1. The number of benzene rings is 1. The molecule has 110 valence electrons. The maximum absolute atomic E-state index is 11.6. The van der Waals surface area contributed by atoms with Crippen molar-refractivity contribution in [3.63, 3.8) is 0 Å². The summed E-state index contributed by atoms with van der Waals surface area (Å²) >= 11 is 0. The molecule has 2 aromatic heterocycles. The van der Waals surface area contributed by atoms with Gasteiger partial charge in [-0.05, 0) is 36.8 Å². The van der Waals surface area contributed by atoms with E-state index < -0.39 is 0 Å². The number of imidazole rings is 1. The second-order valence-corrected chi connectivity index (χ2v) is 5.26. The van der Waals surface area contributed by atoms with Crippen molar-refractivity contribution in [2.24, 2.45) is 0 Å². The van der Waals surface area contributed by atoms with Gasteiger partial charge in [0.05, 0.1) is 0 Å². The van der Waals surface area contributed by atoms with Crippen molar-refractivity contribution >= 4 is 11.9 Å². The van der Waals surface area contributed by atoms with Crippen molar-refractivity contribution in [1.29, 1.82) is 0 Å². The molecular formula is C17H14N2O3. The van der Waals surface area contributed by atoms with Gasteiger partial charge in [-0.3, -0.25) is 9.20 Å². The first-order valence-electron chi connectivity index (χ1n) is 7.10. The van der Waals surface area contributed by atoms with Gasteiger partial charge >= 0.3 is 0 Å². The van der Waals surface area contributed by atoms with E-state index in [0.29, 0.717) is 30.4 Å². The molecule has 3 heterocycles. The Morgan fingerprint density at radius 1 is 1.14 bits per heavy atom. The van der Waals surface area contributed by atoms with Crippen LogP contribution in [0.25, 0.3) is 16.9 Å². The van der Waals surface area contributed by atoms with E-state index in [9.17, 15) is 4.79 Å². The molecule has 0 bridgehead atoms. The molecule has 0 fully saturated rings. The Morgan fingerprint density at radius 2 is 1.95 bits per heavy atom. The Morgan fingerprint density at radius 3 is 2.77 bits per heavy atom. The fourth-order valence-corrected chi connectivity index (χ4v) is 2.68. The second kappa shape index (κ2) is 4.87. The second-order valence-electron chi connectivity index (χ2n) is 5.26. The highest BCUT2D eigenvalue weighted by atomic mass is 16.6. The van der Waals surface area contributed by atoms with E-state index in [2.05, 4.69) is 4.98 Å². The molecule has 0 radical (unpaired) electrons. The molecule has 4 rings (SSSR count). The van der Waals surface area contributed by atoms with Crippen LogP contribution in [0.15, 0.2) is 36.5 Å². The molecule has 0 saturated heterocycles. The van der Waals surface area contributed by atoms with E-state index in [0.717, 1.165) is 28.8 Å². The summed E-state index contributed by atoms with van der Waals surface area (Å²) in [4.78, 5) is 16.1. The molecule has 0 saturated carbocycles. The van der Waals surface area contributed by atoms with E-state index >= 15 is 0 Å². The van der Waals surface area contributed by atoms with Crippen LogP contribution in [0, 0.1) is 6.92 Å². The molecule has 0 aliphatic carbocycles. The Kier molecular flexibility index (Phi) is 2.85. The van der Waals surface area contributed by atoms with Crippen molar-refractivity contribution < 1.29 is 14.3 Å². The summed E-state index contributed by atoms with van der Waals surface area (Å²) in [7, 11) is 0. The lowest BCUT2D eigenvalue weighted by Crippen LogP contribution is -2.15. The molecule has 1 aromatic carbocycles. The highest BCUT2D eigenvalue weighted by molar-refractivity contribution is 5.86. The van der Waals surface area contributed by atoms with Crippen LogP contribution in [0.2, 0.25) is 0 Å². The molecule has 22 heavy (non-hydrogen) atoms. The molecule has 0 N–H and O–H groups in total. The number of hydrogen-bond acceptors (Lipinski definition) is 4. The van der Waals surface area contributed by atoms with Gasteiger partial charge in [0.2, 0.25) is 0 Å². The third-order valence-corrected chi connectivity index (χ3v) is 3.73. The third kappa shape index (κ3) is 1.94. The molecule has 1 aliphatic heterocycles. The number of nitrogens with zero attached hydrogens (tertiary/aromatic N) is 2. The summed E-state index contributed by atoms with van der Waals surface area (Å²) < 4.78 is 12.9. The lowest BCUT2D eigenvalue weighted by Gasteiger charge is -2.18. The van der Waals surface area contributed by atoms with Crippen molar-refractivity contribution in [3.05, 3.63) is 47.8 Å². The van der Waals surface area contributed by atoms with Gasteiger partial charge < -0.3 is 9.47 Å². The van der Waals surface area contributed by atoms with Gasteiger partial charge in [0.25, 0.3) is 0 Å². The van der Waals surface area contributed by atoms with Crippen molar-refractivity contribution in [2.75, 3.05) is 13.2 Å². The van der Waals surface area contributed by atoms with Gasteiger partial charge in [0.1, 0.15) is 30.2 Å². The number of aldehydes is 1. The Balaban J connectivity index is 1.92. The Hall–Kier alpha value is -2.82. The van der Waals surface area contributed by atoms with Gasteiger partial charge in [-0.2, -0.15) is 0 Å². The Labute approximate surface area is 127 Å². The van der Waals surface area contributed by atoms with E-state index in [1.165, 1.54) is 0 Å². The molecule has 3 aromatic rings. The van der Waals surface area contributed by atoms with Crippen LogP contribution in [-0.4, -0.2) is 28.9 Å². The smallest absolute Gasteiger partial charge is 0.169 e. The van der Waals surface area contributed by atoms with Crippen LogP contribution in [0.1, 0.15) is 16.1 Å². The molecule has 0 atom stereocenters. The SMILES string of the molecule is Cc1ccc2nc(-c3ccc4c(c3)OCCO4)c(C=O)n2c1. The van der Waals surface area contributed by atoms with Gasteiger partial charge in [-0.15, -0.1) is 0 Å². The fraction of sp³-hybridized carbons (Fsp3) is 0.176. The first-order chi connectivity index (χ1) is 10.8. The summed E-state index contributed by atoms with van der Waals surface area (Å²) in [5.74, 6) is 1.41. The molecular weight excluding hydrogens is 280 g/mol. The number of aromatic nitrogens is 2. The van der Waals surface area contributed by atoms with E-state index in [-0.39, 0.29) is 0 Å². The van der Waals surface area contributed by atoms with E-state index in [1.807, 2.05) is 47.9 Å². The van der Waals surface area contributed by atoms with Gasteiger partial charge in [-0.1, -0.05) is 6.07 Å². The van der Waals surface area contributed by atoms with Crippen LogP contribution in [0.4, 0.5) is 0 Å². The maximum atomic E-state index is 11.6. The molecule has 1 aliphatic rings. The summed E-state index contributed by atoms with van der Waals surface area (Å²) in [6, 6.07) is 9.51. The van der Waals surface area contributed by atoms with Gasteiger partial charge in [-0.25, -0.2) is 4.98 Å². The quantitative estimate of drug-likeness (QED) is 0.682. The molecule has 0 unspecified atom stereocenters. The number of pyridine rings is 1. The number of fused-ring (bicyclic) bond motifs is 2. The topological polar surface area (TPSA) is 52.8 Å². The van der Waals surface area contributed by atoms with Crippen molar-refractivity contribution in [1.82, 2.24) is 9.38 Å². The highest BCUT2D eigenvalue weighted by Crippen LogP contribution is 2.35. The van der Waals surface area contributed by atoms with Gasteiger partial charge in [0, 0.05) is 11.8 Å². The van der Waals surface area contributed by atoms with Crippen molar-refractivity contribution in [3.8, 4) is 22.8 Å². The molecule has 5 nitrogen and oxygen atoms in total. The minimum Gasteiger partial charge on any atom is -0.486 e. The van der Waals surface area contributed by atoms with Crippen LogP contribution in [0.3, 0.4) is 0 Å². The summed E-state index contributed by atoms with van der Waals surface area (Å²) in [6.07, 6.45) is 2.75. The van der Waals surface area contributed by atoms with Crippen LogP contribution in [-0.2, 0) is 0 Å². The van der Waals surface area contributed by atoms with Crippen LogP contribution in [0.5, 0.6) is 11.5 Å². The summed E-state index contributed by atoms with van der Waals surface area (Å²) in [5.41, 5.74) is 3.85. The van der Waals surface area contributed by atoms with Crippen LogP contribution < -0.4 is 9.47 Å². The average Bonchev–Trinajstić information content (AvgIpc) is 2.92. The maximum Gasteiger partial charge on any atom is 0.169 e. The predicted molar refractivity (Wildman–Crippen MR) is 81.7 cm³/mol. The normalized spacial score (nSPS) is 13.3. The Bertz CT molecular complexity index is 883. The number of hydrogen-bond donors (Lipinski definition) is 0. The highest BCUT2D eigenvalue weighted by Gasteiger charge is 2.17. The number of rotatable bonds is 2. The third-order valence-electron chi connectivity index (χ3n) is 3.73. The molecule has 0 spiro atoms. The number of carbonyl (C=O) groups is 1. The number of carbonyl (C=O) groups excluding carboxylic acids is 1. The summed E-state index contributed by atoms with van der Waals surface area (Å²) in [5, 5.41) is 0. The molecule has 5 heteroatoms. The first-order valence-corrected chi connectivity index (χ1v) is 7.10. The average molecular weight is 294 g/mol. The largest absolute Gasteiger partial charge is 0.486 e. The zero-order valence-corrected chi connectivity index (χ0v) is 12.1. The molecule has 0 amide bonds. The van der Waals surface area contributed by atoms with E-state index in [4.69, 9.17) is 9.47 Å². The van der Waals surface area contributed by atoms with E-state index in [1.54, 1.807) is 0 Å². The minimum atomic E-state index is 0.529. The lowest BCUT2D eigenvalue weighted by atomic mass is 10.1. The van der Waals surface area contributed by atoms with Crippen molar-refractivity contribution in [2.45, 2.75) is 6.92 Å². The summed E-state index contributed by atoms with van der Waals surface area (Å²) in [6.45, 7) is 3.07. The van der Waals surface area contributed by atoms with Crippen LogP contribution >= 0.6 is 0 Å². The number of ether oxygens (including phenoxy) is 2. The minimum absolute atomic E-state index is 0.529. The fourth-order valence-electron chi connectivity index (χ4n) is 2.68. The lowest BCUT2D eigenvalue weighted by molar-refractivity contribution is 0.111. The monoisotopic (exact) mass is 294 g/mol. The zero-order chi connectivity index (χ0) is 15.1. The van der Waals surface area contributed by atoms with Gasteiger partial charge in [0.15, 0.2) is 17.8 Å². The zero-order valence-electron chi connectivity index (χ0n) is 12.1. The predicted octanol–water partition coefficient (Wildman–Crippen LogP) is 2.89.